The first-order chi connectivity index (χ1) is 7.36. The lowest BCUT2D eigenvalue weighted by Gasteiger charge is -2.11. The molecule has 0 aliphatic heterocycles. The van der Waals surface area contributed by atoms with E-state index in [0.29, 0.717) is 0 Å². The number of alkyl halides is 3. The van der Waals surface area contributed by atoms with Gasteiger partial charge in [0.1, 0.15) is 5.75 Å². The lowest BCUT2D eigenvalue weighted by molar-refractivity contribution is -0.137. The van der Waals surface area contributed by atoms with Crippen molar-refractivity contribution in [3.05, 3.63) is 29.3 Å². The van der Waals surface area contributed by atoms with Crippen LogP contribution < -0.4 is 10.5 Å². The molecule has 0 aliphatic rings. The van der Waals surface area contributed by atoms with Gasteiger partial charge in [0.15, 0.2) is 0 Å². The van der Waals surface area contributed by atoms with Crippen molar-refractivity contribution in [3.63, 3.8) is 0 Å². The van der Waals surface area contributed by atoms with E-state index >= 15 is 0 Å². The molecule has 1 rings (SSSR count). The molecule has 0 aromatic heterocycles. The maximum atomic E-state index is 12.4. The van der Waals surface area contributed by atoms with E-state index in [1.54, 1.807) is 6.92 Å². The molecule has 0 radical (unpaired) electrons. The highest BCUT2D eigenvalue weighted by Gasteiger charge is 2.31. The van der Waals surface area contributed by atoms with E-state index in [1.807, 2.05) is 0 Å². The standard InChI is InChI=1S/C10H10F3NO2/c1-2-16-8-5-6(10(11,12)13)3-4-7(8)9(14)15/h3-5H,2H2,1H3,(H2,14,15). The largest absolute Gasteiger partial charge is 0.493 e. The molecule has 0 aliphatic carbocycles. The third-order valence-electron chi connectivity index (χ3n) is 1.87. The molecule has 16 heavy (non-hydrogen) atoms. The topological polar surface area (TPSA) is 52.3 Å². The predicted octanol–water partition coefficient (Wildman–Crippen LogP) is 2.20. The third-order valence-corrected chi connectivity index (χ3v) is 1.87. The van der Waals surface area contributed by atoms with Crippen molar-refractivity contribution < 1.29 is 22.7 Å². The molecule has 0 saturated heterocycles. The summed E-state index contributed by atoms with van der Waals surface area (Å²) in [5.74, 6) is -0.970. The van der Waals surface area contributed by atoms with Crippen LogP contribution in [0.1, 0.15) is 22.8 Å². The average molecular weight is 233 g/mol. The van der Waals surface area contributed by atoms with E-state index in [0.717, 1.165) is 18.2 Å². The summed E-state index contributed by atoms with van der Waals surface area (Å²) in [6.07, 6.45) is -4.47. The summed E-state index contributed by atoms with van der Waals surface area (Å²) in [7, 11) is 0. The highest BCUT2D eigenvalue weighted by molar-refractivity contribution is 5.95. The Labute approximate surface area is 90.0 Å². The number of ether oxygens (including phenoxy) is 1. The molecule has 2 N–H and O–H groups in total. The highest BCUT2D eigenvalue weighted by Crippen LogP contribution is 2.32. The number of carbonyl (C=O) groups is 1. The van der Waals surface area contributed by atoms with E-state index in [1.165, 1.54) is 0 Å². The summed E-state index contributed by atoms with van der Waals surface area (Å²) in [6.45, 7) is 1.76. The summed E-state index contributed by atoms with van der Waals surface area (Å²) in [5, 5.41) is 0. The number of halogens is 3. The Morgan fingerprint density at radius 3 is 2.50 bits per heavy atom. The number of primary amides is 1. The van der Waals surface area contributed by atoms with Crippen LogP contribution in [0.3, 0.4) is 0 Å². The zero-order chi connectivity index (χ0) is 12.3. The molecular weight excluding hydrogens is 223 g/mol. The van der Waals surface area contributed by atoms with Crippen LogP contribution in [0, 0.1) is 0 Å². The molecule has 0 saturated carbocycles. The molecule has 6 heteroatoms. The van der Waals surface area contributed by atoms with Crippen molar-refractivity contribution in [3.8, 4) is 5.75 Å². The van der Waals surface area contributed by atoms with Gasteiger partial charge in [-0.15, -0.1) is 0 Å². The van der Waals surface area contributed by atoms with Crippen molar-refractivity contribution in [1.82, 2.24) is 0 Å². The van der Waals surface area contributed by atoms with E-state index in [4.69, 9.17) is 10.5 Å². The van der Waals surface area contributed by atoms with E-state index < -0.39 is 17.6 Å². The van der Waals surface area contributed by atoms with E-state index in [-0.39, 0.29) is 17.9 Å². The van der Waals surface area contributed by atoms with Crippen LogP contribution in [0.15, 0.2) is 18.2 Å². The fraction of sp³-hybridized carbons (Fsp3) is 0.300. The van der Waals surface area contributed by atoms with Gasteiger partial charge in [-0.25, -0.2) is 0 Å². The van der Waals surface area contributed by atoms with Crippen LogP contribution in [-0.2, 0) is 6.18 Å². The quantitative estimate of drug-likeness (QED) is 0.870. The van der Waals surface area contributed by atoms with Gasteiger partial charge in [0.05, 0.1) is 17.7 Å². The monoisotopic (exact) mass is 233 g/mol. The lowest BCUT2D eigenvalue weighted by Crippen LogP contribution is -2.14. The Kier molecular flexibility index (Phi) is 3.41. The van der Waals surface area contributed by atoms with Gasteiger partial charge in [-0.2, -0.15) is 13.2 Å². The second kappa shape index (κ2) is 4.42. The zero-order valence-electron chi connectivity index (χ0n) is 8.47. The summed E-state index contributed by atoms with van der Waals surface area (Å²) in [5.41, 5.74) is 4.07. The van der Waals surface area contributed by atoms with Gasteiger partial charge in [-0.05, 0) is 25.1 Å². The molecular formula is C10H10F3NO2. The molecule has 0 fully saturated rings. The highest BCUT2D eigenvalue weighted by atomic mass is 19.4. The van der Waals surface area contributed by atoms with Crippen LogP contribution in [-0.4, -0.2) is 12.5 Å². The SMILES string of the molecule is CCOc1cc(C(F)(F)F)ccc1C(N)=O. The van der Waals surface area contributed by atoms with E-state index in [2.05, 4.69) is 0 Å². The molecule has 1 amide bonds. The summed E-state index contributed by atoms with van der Waals surface area (Å²) >= 11 is 0. The minimum Gasteiger partial charge on any atom is -0.493 e. The predicted molar refractivity (Wildman–Crippen MR) is 51.1 cm³/mol. The average Bonchev–Trinajstić information content (AvgIpc) is 2.16. The molecule has 0 spiro atoms. The minimum absolute atomic E-state index is 0.0603. The summed E-state index contributed by atoms with van der Waals surface area (Å²) < 4.78 is 42.0. The summed E-state index contributed by atoms with van der Waals surface area (Å²) in [4.78, 5) is 10.9. The normalized spacial score (nSPS) is 11.2. The Hall–Kier alpha value is -1.72. The van der Waals surface area contributed by atoms with Crippen LogP contribution in [0.4, 0.5) is 13.2 Å². The van der Waals surface area contributed by atoms with Gasteiger partial charge >= 0.3 is 6.18 Å². The van der Waals surface area contributed by atoms with Crippen LogP contribution in [0.2, 0.25) is 0 Å². The molecule has 0 heterocycles. The Morgan fingerprint density at radius 1 is 1.44 bits per heavy atom. The maximum Gasteiger partial charge on any atom is 0.416 e. The van der Waals surface area contributed by atoms with Crippen molar-refractivity contribution in [2.24, 2.45) is 5.73 Å². The van der Waals surface area contributed by atoms with Crippen molar-refractivity contribution in [1.29, 1.82) is 0 Å². The summed E-state index contributed by atoms with van der Waals surface area (Å²) in [6, 6.07) is 2.57. The number of amides is 1. The second-order valence-electron chi connectivity index (χ2n) is 3.01. The second-order valence-corrected chi connectivity index (χ2v) is 3.01. The van der Waals surface area contributed by atoms with Gasteiger partial charge < -0.3 is 10.5 Å². The first kappa shape index (κ1) is 12.4. The van der Waals surface area contributed by atoms with Crippen molar-refractivity contribution in [2.75, 3.05) is 6.61 Å². The number of hydrogen-bond acceptors (Lipinski definition) is 2. The number of nitrogens with two attached hydrogens (primary N) is 1. The van der Waals surface area contributed by atoms with Crippen LogP contribution in [0.5, 0.6) is 5.75 Å². The molecule has 88 valence electrons. The van der Waals surface area contributed by atoms with Crippen LogP contribution >= 0.6 is 0 Å². The lowest BCUT2D eigenvalue weighted by atomic mass is 10.1. The van der Waals surface area contributed by atoms with Gasteiger partial charge in [-0.3, -0.25) is 4.79 Å². The molecule has 3 nitrogen and oxygen atoms in total. The fourth-order valence-corrected chi connectivity index (χ4v) is 1.18. The Morgan fingerprint density at radius 2 is 2.06 bits per heavy atom. The number of hydrogen-bond donors (Lipinski definition) is 1. The van der Waals surface area contributed by atoms with Gasteiger partial charge in [0.2, 0.25) is 0 Å². The first-order valence-electron chi connectivity index (χ1n) is 4.50. The fourth-order valence-electron chi connectivity index (χ4n) is 1.18. The number of rotatable bonds is 3. The number of benzene rings is 1. The van der Waals surface area contributed by atoms with Crippen LogP contribution in [0.25, 0.3) is 0 Å². The minimum atomic E-state index is -4.47. The van der Waals surface area contributed by atoms with Gasteiger partial charge in [0.25, 0.3) is 5.91 Å². The van der Waals surface area contributed by atoms with Gasteiger partial charge in [-0.1, -0.05) is 0 Å². The molecule has 0 bridgehead atoms. The molecule has 1 aromatic rings. The number of carbonyl (C=O) groups excluding carboxylic acids is 1. The smallest absolute Gasteiger partial charge is 0.416 e. The maximum absolute atomic E-state index is 12.4. The van der Waals surface area contributed by atoms with Gasteiger partial charge in [0, 0.05) is 0 Å². The first-order valence-corrected chi connectivity index (χ1v) is 4.50. The Bertz CT molecular complexity index is 402. The van der Waals surface area contributed by atoms with E-state index in [9.17, 15) is 18.0 Å². The molecule has 1 aromatic carbocycles. The molecule has 0 atom stereocenters. The third kappa shape index (κ3) is 2.65. The molecule has 0 unspecified atom stereocenters. The Balaban J connectivity index is 3.22. The zero-order valence-corrected chi connectivity index (χ0v) is 8.47. The van der Waals surface area contributed by atoms with Crippen molar-refractivity contribution in [2.45, 2.75) is 13.1 Å². The van der Waals surface area contributed by atoms with Crippen molar-refractivity contribution >= 4 is 5.91 Å².